The van der Waals surface area contributed by atoms with Gasteiger partial charge in [-0.25, -0.2) is 4.39 Å². The first kappa shape index (κ1) is 18.3. The van der Waals surface area contributed by atoms with E-state index in [-0.39, 0.29) is 23.4 Å². The van der Waals surface area contributed by atoms with Crippen LogP contribution in [0.3, 0.4) is 0 Å². The Labute approximate surface area is 148 Å². The molecule has 0 spiro atoms. The maximum absolute atomic E-state index is 12.8. The molecular weight excluding hydrogens is 351 g/mol. The summed E-state index contributed by atoms with van der Waals surface area (Å²) in [5.41, 5.74) is 1.04. The van der Waals surface area contributed by atoms with Crippen LogP contribution in [0.5, 0.6) is 0 Å². The van der Waals surface area contributed by atoms with Crippen LogP contribution < -0.4 is 10.6 Å². The molecule has 0 heterocycles. The van der Waals surface area contributed by atoms with Gasteiger partial charge in [0.15, 0.2) is 0 Å². The van der Waals surface area contributed by atoms with Gasteiger partial charge in [0.1, 0.15) is 5.82 Å². The van der Waals surface area contributed by atoms with Gasteiger partial charge in [-0.15, -0.1) is 11.8 Å². The Morgan fingerprint density at radius 3 is 2.46 bits per heavy atom. The normalized spacial score (nSPS) is 11.6. The number of carbonyl (C=O) groups excluding carboxylic acids is 2. The molecule has 24 heavy (non-hydrogen) atoms. The molecule has 2 amide bonds. The van der Waals surface area contributed by atoms with Crippen LogP contribution in [-0.4, -0.2) is 22.8 Å². The van der Waals surface area contributed by atoms with Crippen molar-refractivity contribution < 1.29 is 14.0 Å². The van der Waals surface area contributed by atoms with Gasteiger partial charge in [0.2, 0.25) is 11.8 Å². The van der Waals surface area contributed by atoms with Crippen molar-refractivity contribution in [2.24, 2.45) is 0 Å². The molecule has 1 unspecified atom stereocenters. The zero-order valence-electron chi connectivity index (χ0n) is 12.9. The second-order valence-electron chi connectivity index (χ2n) is 4.98. The molecule has 0 bridgehead atoms. The standard InChI is InChI=1S/C17H16ClFN2O2S/c1-11(17(23)21-15-5-3-2-4-14(15)18)24-10-16(22)20-13-8-6-12(19)7-9-13/h2-9,11H,10H2,1H3,(H,20,22)(H,21,23). The van der Waals surface area contributed by atoms with Crippen LogP contribution >= 0.6 is 23.4 Å². The summed E-state index contributed by atoms with van der Waals surface area (Å²) < 4.78 is 12.8. The number of halogens is 2. The number of para-hydroxylation sites is 1. The van der Waals surface area contributed by atoms with Gasteiger partial charge in [0, 0.05) is 5.69 Å². The van der Waals surface area contributed by atoms with Crippen molar-refractivity contribution in [1.82, 2.24) is 0 Å². The number of benzene rings is 2. The molecule has 0 radical (unpaired) electrons. The lowest BCUT2D eigenvalue weighted by molar-refractivity contribution is -0.115. The average molecular weight is 367 g/mol. The summed E-state index contributed by atoms with van der Waals surface area (Å²) >= 11 is 7.19. The number of thioether (sulfide) groups is 1. The van der Waals surface area contributed by atoms with E-state index in [1.807, 2.05) is 0 Å². The fourth-order valence-electron chi connectivity index (χ4n) is 1.80. The topological polar surface area (TPSA) is 58.2 Å². The summed E-state index contributed by atoms with van der Waals surface area (Å²) in [5.74, 6) is -0.756. The van der Waals surface area contributed by atoms with Gasteiger partial charge in [-0.1, -0.05) is 23.7 Å². The third-order valence-corrected chi connectivity index (χ3v) is 4.57. The van der Waals surface area contributed by atoms with Gasteiger partial charge in [-0.3, -0.25) is 9.59 Å². The first-order valence-corrected chi connectivity index (χ1v) is 8.61. The average Bonchev–Trinajstić information content (AvgIpc) is 2.56. The predicted molar refractivity (Wildman–Crippen MR) is 97.0 cm³/mol. The summed E-state index contributed by atoms with van der Waals surface area (Å²) in [7, 11) is 0. The lowest BCUT2D eigenvalue weighted by Crippen LogP contribution is -2.25. The van der Waals surface area contributed by atoms with E-state index in [4.69, 9.17) is 11.6 Å². The summed E-state index contributed by atoms with van der Waals surface area (Å²) in [6.45, 7) is 1.71. The number of nitrogens with one attached hydrogen (secondary N) is 2. The van der Waals surface area contributed by atoms with E-state index in [9.17, 15) is 14.0 Å². The highest BCUT2D eigenvalue weighted by Gasteiger charge is 2.16. The van der Waals surface area contributed by atoms with E-state index in [2.05, 4.69) is 10.6 Å². The van der Waals surface area contributed by atoms with E-state index < -0.39 is 5.25 Å². The van der Waals surface area contributed by atoms with Crippen LogP contribution in [0, 0.1) is 5.82 Å². The molecule has 0 saturated heterocycles. The number of hydrogen-bond acceptors (Lipinski definition) is 3. The fourth-order valence-corrected chi connectivity index (χ4v) is 2.67. The molecule has 0 fully saturated rings. The molecule has 1 atom stereocenters. The second kappa shape index (κ2) is 8.70. The molecule has 0 aliphatic heterocycles. The lowest BCUT2D eigenvalue weighted by Gasteiger charge is -2.13. The molecule has 2 aromatic carbocycles. The van der Waals surface area contributed by atoms with E-state index in [1.54, 1.807) is 31.2 Å². The highest BCUT2D eigenvalue weighted by molar-refractivity contribution is 8.01. The molecular formula is C17H16ClFN2O2S. The van der Waals surface area contributed by atoms with E-state index >= 15 is 0 Å². The lowest BCUT2D eigenvalue weighted by atomic mass is 10.3. The Morgan fingerprint density at radius 1 is 1.12 bits per heavy atom. The Bertz CT molecular complexity index is 725. The van der Waals surface area contributed by atoms with Crippen molar-refractivity contribution in [2.75, 3.05) is 16.4 Å². The second-order valence-corrected chi connectivity index (χ2v) is 6.71. The van der Waals surface area contributed by atoms with Gasteiger partial charge in [0.05, 0.1) is 21.7 Å². The van der Waals surface area contributed by atoms with Crippen molar-refractivity contribution in [3.8, 4) is 0 Å². The first-order valence-electron chi connectivity index (χ1n) is 7.18. The summed E-state index contributed by atoms with van der Waals surface area (Å²) in [6.07, 6.45) is 0. The number of carbonyl (C=O) groups is 2. The smallest absolute Gasteiger partial charge is 0.237 e. The van der Waals surface area contributed by atoms with E-state index in [0.717, 1.165) is 0 Å². The third kappa shape index (κ3) is 5.54. The van der Waals surface area contributed by atoms with Crippen LogP contribution in [0.2, 0.25) is 5.02 Å². The van der Waals surface area contributed by atoms with Gasteiger partial charge < -0.3 is 10.6 Å². The van der Waals surface area contributed by atoms with E-state index in [1.165, 1.54) is 36.0 Å². The molecule has 2 rings (SSSR count). The summed E-state index contributed by atoms with van der Waals surface area (Å²) in [5, 5.41) is 5.39. The summed E-state index contributed by atoms with van der Waals surface area (Å²) in [6, 6.07) is 12.4. The highest BCUT2D eigenvalue weighted by Crippen LogP contribution is 2.22. The molecule has 2 aromatic rings. The molecule has 2 N–H and O–H groups in total. The summed E-state index contributed by atoms with van der Waals surface area (Å²) in [4.78, 5) is 24.0. The van der Waals surface area contributed by atoms with E-state index in [0.29, 0.717) is 16.4 Å². The zero-order valence-corrected chi connectivity index (χ0v) is 14.5. The fraction of sp³-hybridized carbons (Fsp3) is 0.176. The third-order valence-electron chi connectivity index (χ3n) is 3.09. The minimum Gasteiger partial charge on any atom is -0.325 e. The van der Waals surface area contributed by atoms with Crippen molar-refractivity contribution in [1.29, 1.82) is 0 Å². The van der Waals surface area contributed by atoms with Crippen LogP contribution in [0.4, 0.5) is 15.8 Å². The Hall–Kier alpha value is -2.05. The number of rotatable bonds is 6. The molecule has 0 aliphatic rings. The SMILES string of the molecule is CC(SCC(=O)Nc1ccc(F)cc1)C(=O)Nc1ccccc1Cl. The molecule has 4 nitrogen and oxygen atoms in total. The molecule has 0 aliphatic carbocycles. The minimum atomic E-state index is -0.430. The largest absolute Gasteiger partial charge is 0.325 e. The molecule has 126 valence electrons. The van der Waals surface area contributed by atoms with Crippen molar-refractivity contribution in [3.63, 3.8) is 0 Å². The van der Waals surface area contributed by atoms with Crippen molar-refractivity contribution in [3.05, 3.63) is 59.4 Å². The number of anilines is 2. The molecule has 7 heteroatoms. The van der Waals surface area contributed by atoms with Gasteiger partial charge >= 0.3 is 0 Å². The van der Waals surface area contributed by atoms with Gasteiger partial charge in [0.25, 0.3) is 0 Å². The Balaban J connectivity index is 1.80. The highest BCUT2D eigenvalue weighted by atomic mass is 35.5. The quantitative estimate of drug-likeness (QED) is 0.806. The zero-order chi connectivity index (χ0) is 17.5. The van der Waals surface area contributed by atoms with Crippen LogP contribution in [0.1, 0.15) is 6.92 Å². The van der Waals surface area contributed by atoms with Crippen LogP contribution in [0.15, 0.2) is 48.5 Å². The first-order chi connectivity index (χ1) is 11.5. The van der Waals surface area contributed by atoms with Crippen LogP contribution in [-0.2, 0) is 9.59 Å². The monoisotopic (exact) mass is 366 g/mol. The van der Waals surface area contributed by atoms with Crippen molar-refractivity contribution in [2.45, 2.75) is 12.2 Å². The molecule has 0 aromatic heterocycles. The predicted octanol–water partition coefficient (Wildman–Crippen LogP) is 4.18. The maximum Gasteiger partial charge on any atom is 0.237 e. The molecule has 0 saturated carbocycles. The van der Waals surface area contributed by atoms with Gasteiger partial charge in [-0.2, -0.15) is 0 Å². The minimum absolute atomic E-state index is 0.106. The van der Waals surface area contributed by atoms with Gasteiger partial charge in [-0.05, 0) is 43.3 Å². The number of amides is 2. The Kier molecular flexibility index (Phi) is 6.63. The van der Waals surface area contributed by atoms with Crippen LogP contribution in [0.25, 0.3) is 0 Å². The maximum atomic E-state index is 12.8. The van der Waals surface area contributed by atoms with Crippen molar-refractivity contribution >= 4 is 46.6 Å². The number of hydrogen-bond donors (Lipinski definition) is 2. The Morgan fingerprint density at radius 2 is 1.79 bits per heavy atom.